The smallest absolute Gasteiger partial charge is 0.407 e. The molecule has 1 amide bonds. The molecule has 1 fully saturated rings. The molecule has 0 radical (unpaired) electrons. The van der Waals surface area contributed by atoms with Crippen molar-refractivity contribution in [3.05, 3.63) is 35.4 Å². The van der Waals surface area contributed by atoms with Gasteiger partial charge in [-0.2, -0.15) is 0 Å². The molecule has 1 aliphatic rings. The minimum Gasteiger partial charge on any atom is -0.439 e. The molecule has 1 heterocycles. The third kappa shape index (κ3) is 2.03. The minimum atomic E-state index is -0.325. The van der Waals surface area contributed by atoms with Crippen LogP contribution in [0.5, 0.6) is 0 Å². The van der Waals surface area contributed by atoms with Gasteiger partial charge in [-0.3, -0.25) is 0 Å². The first kappa shape index (κ1) is 11.0. The number of carbonyl (C=O) groups is 1. The molecule has 3 heteroatoms. The van der Waals surface area contributed by atoms with E-state index in [-0.39, 0.29) is 17.6 Å². The minimum absolute atomic E-state index is 0.0611. The van der Waals surface area contributed by atoms with Crippen LogP contribution in [0.2, 0.25) is 0 Å². The number of hydrogen-bond acceptors (Lipinski definition) is 2. The average Bonchev–Trinajstić information content (AvgIpc) is 2.64. The monoisotopic (exact) mass is 219 g/mol. The molecule has 1 aliphatic heterocycles. The molecule has 86 valence electrons. The van der Waals surface area contributed by atoms with Crippen LogP contribution in [-0.4, -0.2) is 12.6 Å². The van der Waals surface area contributed by atoms with Crippen molar-refractivity contribution in [2.75, 3.05) is 6.54 Å². The predicted octanol–water partition coefficient (Wildman–Crippen LogP) is 2.77. The number of cyclic esters (lactones) is 1. The normalized spacial score (nSPS) is 20.4. The number of benzene rings is 1. The number of rotatable bonds is 1. The third-order valence-electron chi connectivity index (χ3n) is 2.80. The predicted molar refractivity (Wildman–Crippen MR) is 62.4 cm³/mol. The van der Waals surface area contributed by atoms with Gasteiger partial charge < -0.3 is 10.1 Å². The van der Waals surface area contributed by atoms with Gasteiger partial charge in [-0.05, 0) is 16.5 Å². The SMILES string of the molecule is CC(C)(C)c1ccccc1C1CNC(=O)O1. The summed E-state index contributed by atoms with van der Waals surface area (Å²) in [4.78, 5) is 11.1. The average molecular weight is 219 g/mol. The van der Waals surface area contributed by atoms with Crippen LogP contribution in [0, 0.1) is 0 Å². The Labute approximate surface area is 95.8 Å². The molecular weight excluding hydrogens is 202 g/mol. The molecule has 0 aromatic heterocycles. The number of carbonyl (C=O) groups excluding carboxylic acids is 1. The van der Waals surface area contributed by atoms with Crippen LogP contribution >= 0.6 is 0 Å². The van der Waals surface area contributed by atoms with Gasteiger partial charge in [0.15, 0.2) is 0 Å². The van der Waals surface area contributed by atoms with Crippen molar-refractivity contribution in [1.29, 1.82) is 0 Å². The van der Waals surface area contributed by atoms with Gasteiger partial charge in [0, 0.05) is 0 Å². The first-order chi connectivity index (χ1) is 7.48. The van der Waals surface area contributed by atoms with E-state index in [0.29, 0.717) is 6.54 Å². The number of ether oxygens (including phenoxy) is 1. The molecule has 0 saturated carbocycles. The highest BCUT2D eigenvalue weighted by atomic mass is 16.6. The lowest BCUT2D eigenvalue weighted by molar-refractivity contribution is 0.140. The molecule has 1 atom stereocenters. The fraction of sp³-hybridized carbons (Fsp3) is 0.462. The summed E-state index contributed by atoms with van der Waals surface area (Å²) in [6, 6.07) is 8.14. The molecule has 1 unspecified atom stereocenters. The number of nitrogens with one attached hydrogen (secondary N) is 1. The Balaban J connectivity index is 2.37. The molecule has 0 bridgehead atoms. The molecule has 0 spiro atoms. The summed E-state index contributed by atoms with van der Waals surface area (Å²) in [5.74, 6) is 0. The van der Waals surface area contributed by atoms with Gasteiger partial charge in [0.2, 0.25) is 0 Å². The van der Waals surface area contributed by atoms with E-state index in [4.69, 9.17) is 4.74 Å². The van der Waals surface area contributed by atoms with Crippen LogP contribution < -0.4 is 5.32 Å². The second kappa shape index (κ2) is 3.81. The molecule has 1 aromatic rings. The van der Waals surface area contributed by atoms with Crippen molar-refractivity contribution in [2.24, 2.45) is 0 Å². The van der Waals surface area contributed by atoms with E-state index in [0.717, 1.165) is 5.56 Å². The van der Waals surface area contributed by atoms with Crippen LogP contribution in [0.1, 0.15) is 38.0 Å². The molecule has 1 aromatic carbocycles. The Morgan fingerprint density at radius 1 is 1.31 bits per heavy atom. The van der Waals surface area contributed by atoms with Crippen LogP contribution in [0.3, 0.4) is 0 Å². The van der Waals surface area contributed by atoms with Crippen LogP contribution in [0.4, 0.5) is 4.79 Å². The Bertz CT molecular complexity index is 407. The zero-order valence-corrected chi connectivity index (χ0v) is 9.91. The summed E-state index contributed by atoms with van der Waals surface area (Å²) in [5, 5.41) is 2.69. The van der Waals surface area contributed by atoms with Crippen molar-refractivity contribution >= 4 is 6.09 Å². The van der Waals surface area contributed by atoms with E-state index >= 15 is 0 Å². The van der Waals surface area contributed by atoms with Gasteiger partial charge in [-0.1, -0.05) is 45.0 Å². The molecular formula is C13H17NO2. The van der Waals surface area contributed by atoms with Crippen molar-refractivity contribution < 1.29 is 9.53 Å². The number of hydrogen-bond donors (Lipinski definition) is 1. The molecule has 0 aliphatic carbocycles. The Kier molecular flexibility index (Phi) is 2.62. The van der Waals surface area contributed by atoms with Gasteiger partial charge in [-0.25, -0.2) is 4.79 Å². The maximum atomic E-state index is 11.1. The zero-order chi connectivity index (χ0) is 11.8. The second-order valence-corrected chi connectivity index (χ2v) is 5.11. The quantitative estimate of drug-likeness (QED) is 0.788. The van der Waals surface area contributed by atoms with Crippen LogP contribution in [0.15, 0.2) is 24.3 Å². The summed E-state index contributed by atoms with van der Waals surface area (Å²) in [5.41, 5.74) is 2.40. The zero-order valence-electron chi connectivity index (χ0n) is 9.91. The van der Waals surface area contributed by atoms with Crippen molar-refractivity contribution in [3.63, 3.8) is 0 Å². The van der Waals surface area contributed by atoms with Crippen molar-refractivity contribution in [2.45, 2.75) is 32.3 Å². The number of alkyl carbamates (subject to hydrolysis) is 1. The highest BCUT2D eigenvalue weighted by molar-refractivity contribution is 5.69. The van der Waals surface area contributed by atoms with Gasteiger partial charge in [0.25, 0.3) is 0 Å². The first-order valence-electron chi connectivity index (χ1n) is 5.52. The summed E-state index contributed by atoms with van der Waals surface area (Å²) < 4.78 is 5.23. The fourth-order valence-electron chi connectivity index (χ4n) is 2.02. The van der Waals surface area contributed by atoms with Crippen molar-refractivity contribution in [3.8, 4) is 0 Å². The topological polar surface area (TPSA) is 38.3 Å². The molecule has 1 saturated heterocycles. The maximum absolute atomic E-state index is 11.1. The fourth-order valence-corrected chi connectivity index (χ4v) is 2.02. The molecule has 3 nitrogen and oxygen atoms in total. The van der Waals surface area contributed by atoms with Gasteiger partial charge in [0.05, 0.1) is 6.54 Å². The lowest BCUT2D eigenvalue weighted by Crippen LogP contribution is -2.17. The highest BCUT2D eigenvalue weighted by Crippen LogP contribution is 2.32. The first-order valence-corrected chi connectivity index (χ1v) is 5.52. The van der Waals surface area contributed by atoms with Crippen LogP contribution in [0.25, 0.3) is 0 Å². The van der Waals surface area contributed by atoms with E-state index in [1.807, 2.05) is 18.2 Å². The highest BCUT2D eigenvalue weighted by Gasteiger charge is 2.29. The summed E-state index contributed by atoms with van der Waals surface area (Å²) in [6.45, 7) is 7.05. The van der Waals surface area contributed by atoms with E-state index in [1.165, 1.54) is 5.56 Å². The van der Waals surface area contributed by atoms with E-state index in [9.17, 15) is 4.79 Å². The Hall–Kier alpha value is -1.51. The van der Waals surface area contributed by atoms with Gasteiger partial charge in [-0.15, -0.1) is 0 Å². The molecule has 1 N–H and O–H groups in total. The lowest BCUT2D eigenvalue weighted by Gasteiger charge is -2.24. The Morgan fingerprint density at radius 2 is 2.00 bits per heavy atom. The van der Waals surface area contributed by atoms with E-state index < -0.39 is 0 Å². The van der Waals surface area contributed by atoms with Crippen LogP contribution in [-0.2, 0) is 10.2 Å². The summed E-state index contributed by atoms with van der Waals surface area (Å²) in [7, 11) is 0. The van der Waals surface area contributed by atoms with E-state index in [1.54, 1.807) is 0 Å². The second-order valence-electron chi connectivity index (χ2n) is 5.11. The van der Waals surface area contributed by atoms with Crippen molar-refractivity contribution in [1.82, 2.24) is 5.32 Å². The molecule has 16 heavy (non-hydrogen) atoms. The summed E-state index contributed by atoms with van der Waals surface area (Å²) >= 11 is 0. The van der Waals surface area contributed by atoms with Gasteiger partial charge in [0.1, 0.15) is 6.10 Å². The van der Waals surface area contributed by atoms with Gasteiger partial charge >= 0.3 is 6.09 Å². The maximum Gasteiger partial charge on any atom is 0.407 e. The summed E-state index contributed by atoms with van der Waals surface area (Å²) in [6.07, 6.45) is -0.475. The third-order valence-corrected chi connectivity index (χ3v) is 2.80. The Morgan fingerprint density at radius 3 is 2.56 bits per heavy atom. The number of amides is 1. The standard InChI is InChI=1S/C13H17NO2/c1-13(2,3)10-7-5-4-6-9(10)11-8-14-12(15)16-11/h4-7,11H,8H2,1-3H3,(H,14,15). The molecule has 2 rings (SSSR count). The van der Waals surface area contributed by atoms with E-state index in [2.05, 4.69) is 32.2 Å². The lowest BCUT2D eigenvalue weighted by atomic mass is 9.82. The largest absolute Gasteiger partial charge is 0.439 e.